The smallest absolute Gasteiger partial charge is 0.412 e. The first-order valence-corrected chi connectivity index (χ1v) is 6.31. The van der Waals surface area contributed by atoms with E-state index in [0.29, 0.717) is 0 Å². The van der Waals surface area contributed by atoms with Gasteiger partial charge in [0.15, 0.2) is 6.29 Å². The van der Waals surface area contributed by atoms with E-state index in [1.54, 1.807) is 0 Å². The number of carbonyl (C=O) groups excluding carboxylic acids is 2. The molecule has 0 unspecified atom stereocenters. The first-order valence-electron chi connectivity index (χ1n) is 5.26. The molecule has 16 heavy (non-hydrogen) atoms. The van der Waals surface area contributed by atoms with Crippen molar-refractivity contribution in [3.8, 4) is 0 Å². The van der Waals surface area contributed by atoms with E-state index in [-0.39, 0.29) is 5.54 Å². The number of hydrogen-bond donors (Lipinski definition) is 0. The number of thioether (sulfide) groups is 1. The second kappa shape index (κ2) is 4.28. The highest BCUT2D eigenvalue weighted by Gasteiger charge is 2.44. The maximum atomic E-state index is 12.0. The van der Waals surface area contributed by atoms with E-state index in [2.05, 4.69) is 0 Å². The van der Waals surface area contributed by atoms with Crippen molar-refractivity contribution in [2.75, 3.05) is 5.75 Å². The third-order valence-electron chi connectivity index (χ3n) is 2.22. The lowest BCUT2D eigenvalue weighted by molar-refractivity contribution is -0.110. The van der Waals surface area contributed by atoms with Crippen LogP contribution in [0.2, 0.25) is 0 Å². The number of aldehydes is 1. The van der Waals surface area contributed by atoms with Gasteiger partial charge in [-0.3, -0.25) is 4.90 Å². The summed E-state index contributed by atoms with van der Waals surface area (Å²) < 4.78 is 5.30. The van der Waals surface area contributed by atoms with Gasteiger partial charge in [-0.15, -0.1) is 11.8 Å². The Morgan fingerprint density at radius 1 is 1.50 bits per heavy atom. The van der Waals surface area contributed by atoms with Crippen LogP contribution in [-0.2, 0) is 9.53 Å². The summed E-state index contributed by atoms with van der Waals surface area (Å²) >= 11 is 1.47. The van der Waals surface area contributed by atoms with Gasteiger partial charge in [-0.2, -0.15) is 0 Å². The molecule has 1 atom stereocenters. The first kappa shape index (κ1) is 13.4. The zero-order valence-corrected chi connectivity index (χ0v) is 11.3. The molecule has 1 rings (SSSR count). The molecule has 4 nitrogen and oxygen atoms in total. The molecule has 0 aromatic rings. The Kier molecular flexibility index (Phi) is 3.57. The van der Waals surface area contributed by atoms with Crippen LogP contribution < -0.4 is 0 Å². The Bertz CT molecular complexity index is 296. The van der Waals surface area contributed by atoms with E-state index in [9.17, 15) is 9.59 Å². The van der Waals surface area contributed by atoms with Crippen LogP contribution in [0.4, 0.5) is 4.79 Å². The van der Waals surface area contributed by atoms with Crippen molar-refractivity contribution in [2.24, 2.45) is 0 Å². The molecule has 1 heterocycles. The highest BCUT2D eigenvalue weighted by atomic mass is 32.2. The quantitative estimate of drug-likeness (QED) is 0.665. The van der Waals surface area contributed by atoms with Crippen molar-refractivity contribution in [1.82, 2.24) is 4.90 Å². The molecule has 0 aromatic heterocycles. The third-order valence-corrected chi connectivity index (χ3v) is 3.76. The molecule has 0 aromatic carbocycles. The fourth-order valence-corrected chi connectivity index (χ4v) is 2.86. The summed E-state index contributed by atoms with van der Waals surface area (Å²) in [6, 6.07) is 0. The molecular formula is C11H19NO3S. The molecule has 0 aliphatic carbocycles. The monoisotopic (exact) mass is 245 g/mol. The zero-order chi connectivity index (χ0) is 12.6. The third kappa shape index (κ3) is 2.90. The van der Waals surface area contributed by atoms with E-state index in [0.717, 1.165) is 12.0 Å². The van der Waals surface area contributed by atoms with E-state index in [1.807, 2.05) is 34.6 Å². The van der Waals surface area contributed by atoms with Gasteiger partial charge in [-0.1, -0.05) is 0 Å². The summed E-state index contributed by atoms with van der Waals surface area (Å²) in [7, 11) is 0. The van der Waals surface area contributed by atoms with Gasteiger partial charge >= 0.3 is 6.09 Å². The van der Waals surface area contributed by atoms with Gasteiger partial charge in [-0.05, 0) is 34.6 Å². The molecule has 1 fully saturated rings. The van der Waals surface area contributed by atoms with Gasteiger partial charge in [0.2, 0.25) is 0 Å². The molecule has 0 radical (unpaired) electrons. The average molecular weight is 245 g/mol. The number of nitrogens with zero attached hydrogens (tertiary/aromatic N) is 1. The van der Waals surface area contributed by atoms with Gasteiger partial charge in [0.1, 0.15) is 11.0 Å². The standard InChI is InChI=1S/C11H19NO3S/c1-10(2,3)15-9(14)12-8(6-13)16-7-11(12,4)5/h6,8H,7H2,1-5H3/t8-/m1/s1. The molecule has 1 aliphatic rings. The highest BCUT2D eigenvalue weighted by Crippen LogP contribution is 2.36. The van der Waals surface area contributed by atoms with Crippen molar-refractivity contribution >= 4 is 24.1 Å². The number of amides is 1. The van der Waals surface area contributed by atoms with Gasteiger partial charge in [0, 0.05) is 5.75 Å². The predicted molar refractivity (Wildman–Crippen MR) is 64.5 cm³/mol. The maximum absolute atomic E-state index is 12.0. The molecule has 1 amide bonds. The summed E-state index contributed by atoms with van der Waals surface area (Å²) in [6.45, 7) is 9.33. The van der Waals surface area contributed by atoms with E-state index >= 15 is 0 Å². The topological polar surface area (TPSA) is 46.6 Å². The number of rotatable bonds is 1. The SMILES string of the molecule is CC(C)(C)OC(=O)N1[C@@H](C=O)SCC1(C)C. The lowest BCUT2D eigenvalue weighted by atomic mass is 10.1. The molecule has 0 spiro atoms. The molecule has 0 N–H and O–H groups in total. The summed E-state index contributed by atoms with van der Waals surface area (Å²) in [5.74, 6) is 0.746. The summed E-state index contributed by atoms with van der Waals surface area (Å²) in [4.78, 5) is 24.4. The Morgan fingerprint density at radius 2 is 2.06 bits per heavy atom. The minimum absolute atomic E-state index is 0.335. The van der Waals surface area contributed by atoms with Crippen molar-refractivity contribution in [1.29, 1.82) is 0 Å². The molecule has 1 aliphatic heterocycles. The van der Waals surface area contributed by atoms with E-state index in [1.165, 1.54) is 16.7 Å². The summed E-state index contributed by atoms with van der Waals surface area (Å²) in [6.07, 6.45) is 0.378. The lowest BCUT2D eigenvalue weighted by Crippen LogP contribution is -2.50. The Balaban J connectivity index is 2.83. The van der Waals surface area contributed by atoms with Crippen LogP contribution in [0.1, 0.15) is 34.6 Å². The minimum atomic E-state index is -0.534. The van der Waals surface area contributed by atoms with Crippen molar-refractivity contribution in [3.05, 3.63) is 0 Å². The summed E-state index contributed by atoms with van der Waals surface area (Å²) in [5.41, 5.74) is -0.869. The normalized spacial score (nSPS) is 24.3. The Labute approximate surface area is 101 Å². The zero-order valence-electron chi connectivity index (χ0n) is 10.4. The van der Waals surface area contributed by atoms with Crippen molar-refractivity contribution < 1.29 is 14.3 Å². The minimum Gasteiger partial charge on any atom is -0.444 e. The molecule has 0 saturated carbocycles. The Hall–Kier alpha value is -0.710. The Morgan fingerprint density at radius 3 is 2.50 bits per heavy atom. The molecule has 92 valence electrons. The first-order chi connectivity index (χ1) is 7.17. The van der Waals surface area contributed by atoms with Gasteiger partial charge in [-0.25, -0.2) is 4.79 Å². The van der Waals surface area contributed by atoms with Crippen LogP contribution in [-0.4, -0.2) is 39.5 Å². The molecule has 5 heteroatoms. The van der Waals surface area contributed by atoms with Crippen LogP contribution in [0.15, 0.2) is 0 Å². The molecular weight excluding hydrogens is 226 g/mol. The van der Waals surface area contributed by atoms with Crippen LogP contribution in [0.3, 0.4) is 0 Å². The molecule has 1 saturated heterocycles. The number of carbonyl (C=O) groups is 2. The highest BCUT2D eigenvalue weighted by molar-refractivity contribution is 8.00. The van der Waals surface area contributed by atoms with Crippen LogP contribution in [0, 0.1) is 0 Å². The molecule has 0 bridgehead atoms. The summed E-state index contributed by atoms with van der Waals surface area (Å²) in [5, 5.41) is -0.426. The van der Waals surface area contributed by atoms with Crippen molar-refractivity contribution in [2.45, 2.75) is 51.1 Å². The van der Waals surface area contributed by atoms with Crippen molar-refractivity contribution in [3.63, 3.8) is 0 Å². The fraction of sp³-hybridized carbons (Fsp3) is 0.818. The van der Waals surface area contributed by atoms with Crippen LogP contribution >= 0.6 is 11.8 Å². The van der Waals surface area contributed by atoms with Crippen LogP contribution in [0.25, 0.3) is 0 Å². The average Bonchev–Trinajstić information content (AvgIpc) is 2.37. The van der Waals surface area contributed by atoms with E-state index in [4.69, 9.17) is 4.74 Å². The van der Waals surface area contributed by atoms with Gasteiger partial charge in [0.05, 0.1) is 5.54 Å². The number of ether oxygens (including phenoxy) is 1. The maximum Gasteiger partial charge on any atom is 0.412 e. The second-order valence-corrected chi connectivity index (χ2v) is 6.61. The fourth-order valence-electron chi connectivity index (χ4n) is 1.54. The largest absolute Gasteiger partial charge is 0.444 e. The number of hydrogen-bond acceptors (Lipinski definition) is 4. The predicted octanol–water partition coefficient (Wildman–Crippen LogP) is 2.27. The van der Waals surface area contributed by atoms with Gasteiger partial charge in [0.25, 0.3) is 0 Å². The van der Waals surface area contributed by atoms with Crippen LogP contribution in [0.5, 0.6) is 0 Å². The van der Waals surface area contributed by atoms with E-state index < -0.39 is 17.1 Å². The second-order valence-electron chi connectivity index (χ2n) is 5.50. The van der Waals surface area contributed by atoms with Gasteiger partial charge < -0.3 is 9.53 Å². The lowest BCUT2D eigenvalue weighted by Gasteiger charge is -2.34.